The number of nitrogen functional groups attached to an aromatic ring is 1. The van der Waals surface area contributed by atoms with Gasteiger partial charge in [-0.25, -0.2) is 4.98 Å². The molecule has 0 fully saturated rings. The summed E-state index contributed by atoms with van der Waals surface area (Å²) in [7, 11) is 0. The Bertz CT molecular complexity index is 838. The van der Waals surface area contributed by atoms with Gasteiger partial charge in [-0.3, -0.25) is 10.1 Å². The van der Waals surface area contributed by atoms with Crippen LogP contribution in [0.2, 0.25) is 0 Å². The minimum absolute atomic E-state index is 0.0210. The number of benzene rings is 2. The van der Waals surface area contributed by atoms with Gasteiger partial charge >= 0.3 is 0 Å². The highest BCUT2D eigenvalue weighted by atomic mass is 32.1. The van der Waals surface area contributed by atoms with E-state index in [2.05, 4.69) is 15.3 Å². The number of carbonyl (C=O) groups excluding carboxylic acids is 1. The summed E-state index contributed by atoms with van der Waals surface area (Å²) in [5, 5.41) is 2.99. The number of rotatable bonds is 2. The van der Waals surface area contributed by atoms with Crippen LogP contribution in [0, 0.1) is 0 Å². The number of fused-ring (bicyclic) bond motifs is 1. The smallest absolute Gasteiger partial charge is 0.260 e. The van der Waals surface area contributed by atoms with Crippen molar-refractivity contribution in [1.29, 1.82) is 0 Å². The molecule has 22 heavy (non-hydrogen) atoms. The van der Waals surface area contributed by atoms with Crippen LogP contribution in [0.25, 0.3) is 10.2 Å². The molecule has 7 heteroatoms. The van der Waals surface area contributed by atoms with E-state index in [-0.39, 0.29) is 5.96 Å². The fourth-order valence-electron chi connectivity index (χ4n) is 1.93. The second-order valence-electron chi connectivity index (χ2n) is 4.50. The maximum absolute atomic E-state index is 12.1. The molecule has 0 spiro atoms. The highest BCUT2D eigenvalue weighted by Gasteiger charge is 2.10. The van der Waals surface area contributed by atoms with E-state index >= 15 is 0 Å². The largest absolute Gasteiger partial charge is 0.398 e. The van der Waals surface area contributed by atoms with Crippen LogP contribution in [0.3, 0.4) is 0 Å². The fraction of sp³-hybridized carbons (Fsp3) is 0. The van der Waals surface area contributed by atoms with Crippen molar-refractivity contribution in [3.05, 3.63) is 54.1 Å². The number of aliphatic imine (C=N–C) groups is 1. The first-order valence-electron chi connectivity index (χ1n) is 6.49. The van der Waals surface area contributed by atoms with E-state index in [4.69, 9.17) is 11.5 Å². The zero-order valence-corrected chi connectivity index (χ0v) is 12.3. The van der Waals surface area contributed by atoms with Gasteiger partial charge in [-0.05, 0) is 24.3 Å². The maximum atomic E-state index is 12.1. The zero-order chi connectivity index (χ0) is 15.5. The van der Waals surface area contributed by atoms with Crippen molar-refractivity contribution in [3.63, 3.8) is 0 Å². The molecule has 6 nitrogen and oxygen atoms in total. The van der Waals surface area contributed by atoms with Gasteiger partial charge in [-0.1, -0.05) is 35.6 Å². The predicted octanol–water partition coefficient (Wildman–Crippen LogP) is 2.25. The summed E-state index contributed by atoms with van der Waals surface area (Å²) in [4.78, 5) is 20.5. The summed E-state index contributed by atoms with van der Waals surface area (Å²) in [5.41, 5.74) is 13.1. The second-order valence-corrected chi connectivity index (χ2v) is 5.51. The number of aromatic nitrogens is 1. The fourth-order valence-corrected chi connectivity index (χ4v) is 2.78. The number of nitrogens with two attached hydrogens (primary N) is 2. The van der Waals surface area contributed by atoms with Gasteiger partial charge in [0.25, 0.3) is 5.91 Å². The van der Waals surface area contributed by atoms with Crippen LogP contribution >= 0.6 is 11.3 Å². The van der Waals surface area contributed by atoms with Crippen LogP contribution in [0.5, 0.6) is 0 Å². The molecule has 2 aromatic carbocycles. The number of hydrogen-bond acceptors (Lipinski definition) is 5. The van der Waals surface area contributed by atoms with Crippen LogP contribution < -0.4 is 16.8 Å². The number of thiazole rings is 1. The van der Waals surface area contributed by atoms with Crippen LogP contribution in [-0.4, -0.2) is 16.9 Å². The van der Waals surface area contributed by atoms with Crippen LogP contribution in [0.4, 0.5) is 10.8 Å². The normalized spacial score (nSPS) is 11.5. The van der Waals surface area contributed by atoms with Crippen molar-refractivity contribution in [2.45, 2.75) is 0 Å². The SMILES string of the molecule is N/C(=N\c1nc2ccccc2s1)NC(=O)c1ccccc1N. The average Bonchev–Trinajstić information content (AvgIpc) is 2.89. The summed E-state index contributed by atoms with van der Waals surface area (Å²) >= 11 is 1.40. The minimum atomic E-state index is -0.402. The lowest BCUT2D eigenvalue weighted by Gasteiger charge is -2.05. The first-order valence-corrected chi connectivity index (χ1v) is 7.31. The third kappa shape index (κ3) is 2.89. The highest BCUT2D eigenvalue weighted by Crippen LogP contribution is 2.27. The Morgan fingerprint density at radius 1 is 1.14 bits per heavy atom. The van der Waals surface area contributed by atoms with Crippen molar-refractivity contribution >= 4 is 44.2 Å². The molecule has 110 valence electrons. The molecule has 3 aromatic rings. The molecule has 0 aliphatic carbocycles. The van der Waals surface area contributed by atoms with E-state index < -0.39 is 5.91 Å². The van der Waals surface area contributed by atoms with E-state index in [1.54, 1.807) is 24.3 Å². The molecule has 0 saturated carbocycles. The number of guanidine groups is 1. The van der Waals surface area contributed by atoms with Crippen molar-refractivity contribution in [1.82, 2.24) is 10.3 Å². The molecule has 0 aliphatic heterocycles. The first-order chi connectivity index (χ1) is 10.6. The highest BCUT2D eigenvalue weighted by molar-refractivity contribution is 7.22. The van der Waals surface area contributed by atoms with Crippen LogP contribution in [-0.2, 0) is 0 Å². The Hall–Kier alpha value is -2.93. The molecule has 0 unspecified atom stereocenters. The Morgan fingerprint density at radius 3 is 2.64 bits per heavy atom. The van der Waals surface area contributed by atoms with E-state index in [1.165, 1.54) is 11.3 Å². The third-order valence-electron chi connectivity index (χ3n) is 2.95. The number of amides is 1. The maximum Gasteiger partial charge on any atom is 0.260 e. The van der Waals surface area contributed by atoms with E-state index in [1.807, 2.05) is 24.3 Å². The number of hydrogen-bond donors (Lipinski definition) is 3. The quantitative estimate of drug-likeness (QED) is 0.383. The third-order valence-corrected chi connectivity index (χ3v) is 3.88. The van der Waals surface area contributed by atoms with Crippen molar-refractivity contribution < 1.29 is 4.79 Å². The van der Waals surface area contributed by atoms with Crippen molar-refractivity contribution in [2.75, 3.05) is 5.73 Å². The summed E-state index contributed by atoms with van der Waals surface area (Å²) in [6.07, 6.45) is 0. The number of nitrogens with zero attached hydrogens (tertiary/aromatic N) is 2. The standard InChI is InChI=1S/C15H13N5OS/c16-10-6-2-1-5-9(10)13(21)19-14(17)20-15-18-11-7-3-4-8-12(11)22-15/h1-8H,16H2,(H3,17,18,19,20,21). The summed E-state index contributed by atoms with van der Waals surface area (Å²) < 4.78 is 1.01. The van der Waals surface area contributed by atoms with E-state index in [0.29, 0.717) is 16.4 Å². The van der Waals surface area contributed by atoms with Crippen molar-refractivity contribution in [3.8, 4) is 0 Å². The van der Waals surface area contributed by atoms with Crippen LogP contribution in [0.1, 0.15) is 10.4 Å². The Morgan fingerprint density at radius 2 is 1.86 bits per heavy atom. The molecular formula is C15H13N5OS. The second kappa shape index (κ2) is 5.82. The zero-order valence-electron chi connectivity index (χ0n) is 11.5. The molecule has 0 bridgehead atoms. The molecule has 1 heterocycles. The number of anilines is 1. The van der Waals surface area contributed by atoms with Gasteiger partial charge in [0, 0.05) is 5.69 Å². The topological polar surface area (TPSA) is 106 Å². The molecule has 1 amide bonds. The van der Waals surface area contributed by atoms with Gasteiger partial charge < -0.3 is 11.5 Å². The molecule has 0 atom stereocenters. The molecule has 0 aliphatic rings. The van der Waals surface area contributed by atoms with Gasteiger partial charge in [0.1, 0.15) is 0 Å². The lowest BCUT2D eigenvalue weighted by atomic mass is 10.2. The summed E-state index contributed by atoms with van der Waals surface area (Å²) in [5.74, 6) is -0.423. The van der Waals surface area contributed by atoms with Crippen molar-refractivity contribution in [2.24, 2.45) is 10.7 Å². The molecule has 5 N–H and O–H groups in total. The Labute approximate surface area is 130 Å². The minimum Gasteiger partial charge on any atom is -0.398 e. The summed E-state index contributed by atoms with van der Waals surface area (Å²) in [6, 6.07) is 14.4. The van der Waals surface area contributed by atoms with Gasteiger partial charge in [0.15, 0.2) is 0 Å². The lowest BCUT2D eigenvalue weighted by molar-refractivity contribution is 0.0977. The van der Waals surface area contributed by atoms with Gasteiger partial charge in [-0.2, -0.15) is 4.99 Å². The van der Waals surface area contributed by atoms with Gasteiger partial charge in [0.05, 0.1) is 15.8 Å². The van der Waals surface area contributed by atoms with Gasteiger partial charge in [-0.15, -0.1) is 0 Å². The first kappa shape index (κ1) is 14.0. The molecule has 0 radical (unpaired) electrons. The van der Waals surface area contributed by atoms with E-state index in [9.17, 15) is 4.79 Å². The number of para-hydroxylation sites is 2. The molecular weight excluding hydrogens is 298 g/mol. The molecule has 0 saturated heterocycles. The average molecular weight is 311 g/mol. The molecule has 1 aromatic heterocycles. The van der Waals surface area contributed by atoms with Crippen LogP contribution in [0.15, 0.2) is 53.5 Å². The number of carbonyl (C=O) groups is 1. The summed E-state index contributed by atoms with van der Waals surface area (Å²) in [6.45, 7) is 0. The Balaban J connectivity index is 1.80. The Kier molecular flexibility index (Phi) is 3.71. The number of nitrogens with one attached hydrogen (secondary N) is 1. The lowest BCUT2D eigenvalue weighted by Crippen LogP contribution is -2.36. The predicted molar refractivity (Wildman–Crippen MR) is 89.2 cm³/mol. The molecule has 3 rings (SSSR count). The monoisotopic (exact) mass is 311 g/mol. The van der Waals surface area contributed by atoms with E-state index in [0.717, 1.165) is 10.2 Å². The van der Waals surface area contributed by atoms with Gasteiger partial charge in [0.2, 0.25) is 11.1 Å².